The molecule has 0 spiro atoms. The van der Waals surface area contributed by atoms with Crippen LogP contribution in [0.5, 0.6) is 0 Å². The fourth-order valence-corrected chi connectivity index (χ4v) is 5.14. The molecule has 0 saturated heterocycles. The van der Waals surface area contributed by atoms with E-state index in [2.05, 4.69) is 99.8 Å². The summed E-state index contributed by atoms with van der Waals surface area (Å²) in [5, 5.41) is 0. The van der Waals surface area contributed by atoms with Gasteiger partial charge in [0.15, 0.2) is 5.71 Å². The summed E-state index contributed by atoms with van der Waals surface area (Å²) in [6.07, 6.45) is 1.08. The summed E-state index contributed by atoms with van der Waals surface area (Å²) in [5.41, 5.74) is 7.41. The Morgan fingerprint density at radius 3 is 1.81 bits per heavy atom. The Balaban J connectivity index is 0.000000360. The Morgan fingerprint density at radius 1 is 0.844 bits per heavy atom. The molecule has 2 heterocycles. The number of hydrogen-bond acceptors (Lipinski definition) is 1. The van der Waals surface area contributed by atoms with E-state index in [1.165, 1.54) is 28.2 Å². The van der Waals surface area contributed by atoms with Gasteiger partial charge in [-0.15, -0.1) is 0 Å². The van der Waals surface area contributed by atoms with Crippen LogP contribution < -0.4 is 4.90 Å². The van der Waals surface area contributed by atoms with E-state index < -0.39 is 7.81 Å². The van der Waals surface area contributed by atoms with Crippen LogP contribution in [0.15, 0.2) is 48.5 Å². The van der Waals surface area contributed by atoms with Crippen molar-refractivity contribution < 1.29 is 29.8 Å². The van der Waals surface area contributed by atoms with Crippen molar-refractivity contribution in [2.24, 2.45) is 0 Å². The van der Waals surface area contributed by atoms with Crippen LogP contribution in [0.4, 0.5) is 36.6 Å². The quantitative estimate of drug-likeness (QED) is 0.239. The molecular weight excluding hydrogens is 449 g/mol. The predicted molar refractivity (Wildman–Crippen MR) is 120 cm³/mol. The number of benzene rings is 2. The molecule has 0 radical (unpaired) electrons. The van der Waals surface area contributed by atoms with Gasteiger partial charge >= 0.3 is 33.0 Å². The molecule has 32 heavy (non-hydrogen) atoms. The van der Waals surface area contributed by atoms with Crippen molar-refractivity contribution in [1.29, 1.82) is 0 Å². The Morgan fingerprint density at radius 2 is 1.31 bits per heavy atom. The Labute approximate surface area is 184 Å². The van der Waals surface area contributed by atoms with E-state index in [1.54, 1.807) is 0 Å². The molecule has 2 aromatic rings. The summed E-state index contributed by atoms with van der Waals surface area (Å²) >= 11 is 0. The molecule has 0 amide bonds. The number of fused-ring (bicyclic) bond motifs is 2. The van der Waals surface area contributed by atoms with Crippen molar-refractivity contribution in [2.45, 2.75) is 51.0 Å². The van der Waals surface area contributed by atoms with Gasteiger partial charge in [0.25, 0.3) is 0 Å². The first-order chi connectivity index (χ1) is 14.2. The van der Waals surface area contributed by atoms with Crippen LogP contribution in [0.25, 0.3) is 0 Å². The molecular formula is C23H29F6N2P. The van der Waals surface area contributed by atoms with Crippen LogP contribution in [0.2, 0.25) is 0 Å². The SMILES string of the molecule is CN1c2ccccc2C(C)(C)C1CC1=[N+](C)c2ccccc2C1(C)C.F[P-](F)(F)(F)(F)F. The number of nitrogens with zero attached hydrogens (tertiary/aromatic N) is 2. The van der Waals surface area contributed by atoms with Gasteiger partial charge in [-0.25, -0.2) is 4.58 Å². The fraction of sp³-hybridized carbons (Fsp3) is 0.435. The van der Waals surface area contributed by atoms with E-state index in [4.69, 9.17) is 0 Å². The van der Waals surface area contributed by atoms with Crippen molar-refractivity contribution in [3.8, 4) is 0 Å². The first-order valence-electron chi connectivity index (χ1n) is 10.3. The van der Waals surface area contributed by atoms with E-state index in [-0.39, 0.29) is 10.8 Å². The fourth-order valence-electron chi connectivity index (χ4n) is 5.14. The molecule has 1 unspecified atom stereocenters. The van der Waals surface area contributed by atoms with E-state index >= 15 is 0 Å². The predicted octanol–water partition coefficient (Wildman–Crippen LogP) is 8.26. The minimum atomic E-state index is -10.7. The van der Waals surface area contributed by atoms with Gasteiger partial charge in [-0.2, -0.15) is 0 Å². The van der Waals surface area contributed by atoms with Crippen LogP contribution in [0.3, 0.4) is 0 Å². The standard InChI is InChI=1S/C23H29N2.F6P/c1-22(2)16-11-7-9-13-18(16)24(5)20(22)15-21-23(3,4)17-12-8-10-14-19(17)25(21)6;1-7(2,3,4,5)6/h7-14,20H,15H2,1-6H3;/q+1;-1. The number of para-hydroxylation sites is 2. The van der Waals surface area contributed by atoms with Crippen LogP contribution >= 0.6 is 7.81 Å². The molecule has 0 aliphatic carbocycles. The van der Waals surface area contributed by atoms with Gasteiger partial charge in [0.05, 0.1) is 11.8 Å². The third-order valence-corrected chi connectivity index (χ3v) is 6.73. The van der Waals surface area contributed by atoms with E-state index in [0.717, 1.165) is 6.42 Å². The topological polar surface area (TPSA) is 6.25 Å². The van der Waals surface area contributed by atoms with Crippen molar-refractivity contribution in [3.63, 3.8) is 0 Å². The van der Waals surface area contributed by atoms with E-state index in [0.29, 0.717) is 6.04 Å². The molecule has 2 nitrogen and oxygen atoms in total. The second-order valence-electron chi connectivity index (χ2n) is 9.68. The van der Waals surface area contributed by atoms with Crippen LogP contribution in [-0.4, -0.2) is 30.4 Å². The molecule has 0 bridgehead atoms. The number of anilines is 1. The van der Waals surface area contributed by atoms with Gasteiger partial charge in [0.2, 0.25) is 5.69 Å². The maximum atomic E-state index is 9.87. The number of rotatable bonds is 2. The molecule has 178 valence electrons. The zero-order valence-electron chi connectivity index (χ0n) is 19.0. The summed E-state index contributed by atoms with van der Waals surface area (Å²) in [4.78, 5) is 2.50. The van der Waals surface area contributed by atoms with E-state index in [1.807, 2.05) is 0 Å². The monoisotopic (exact) mass is 478 g/mol. The Kier molecular flexibility index (Phi) is 5.16. The summed E-state index contributed by atoms with van der Waals surface area (Å²) in [6, 6.07) is 18.2. The van der Waals surface area contributed by atoms with Crippen LogP contribution in [0, 0.1) is 0 Å². The van der Waals surface area contributed by atoms with E-state index in [9.17, 15) is 25.2 Å². The second kappa shape index (κ2) is 6.72. The molecule has 4 rings (SSSR count). The molecule has 0 aromatic heterocycles. The molecule has 1 atom stereocenters. The summed E-state index contributed by atoms with van der Waals surface area (Å²) in [5.74, 6) is 0. The zero-order chi connectivity index (χ0) is 24.4. The zero-order valence-corrected chi connectivity index (χ0v) is 19.9. The number of halogens is 6. The molecule has 0 saturated carbocycles. The molecule has 2 aliphatic rings. The summed E-state index contributed by atoms with van der Waals surface area (Å²) in [7, 11) is -6.17. The molecule has 9 heteroatoms. The second-order valence-corrected chi connectivity index (χ2v) is 11.6. The Bertz CT molecular complexity index is 1080. The molecule has 2 aliphatic heterocycles. The molecule has 0 N–H and O–H groups in total. The normalized spacial score (nSPS) is 23.0. The minimum absolute atomic E-state index is 0.0804. The van der Waals surface area contributed by atoms with Gasteiger partial charge in [0.1, 0.15) is 7.05 Å². The third-order valence-electron chi connectivity index (χ3n) is 6.73. The third kappa shape index (κ3) is 4.95. The summed E-state index contributed by atoms with van der Waals surface area (Å²) in [6.45, 7) is 9.55. The van der Waals surface area contributed by atoms with Gasteiger partial charge in [0, 0.05) is 35.8 Å². The Hall–Kier alpha value is -2.08. The molecule has 2 aromatic carbocycles. The molecule has 0 fully saturated rings. The van der Waals surface area contributed by atoms with Gasteiger partial charge in [-0.1, -0.05) is 50.2 Å². The number of hydrogen-bond donors (Lipinski definition) is 0. The first-order valence-corrected chi connectivity index (χ1v) is 12.3. The van der Waals surface area contributed by atoms with Gasteiger partial charge < -0.3 is 4.90 Å². The van der Waals surface area contributed by atoms with Gasteiger partial charge in [-0.3, -0.25) is 0 Å². The summed E-state index contributed by atoms with van der Waals surface area (Å²) < 4.78 is 61.6. The first kappa shape index (κ1) is 24.6. The average molecular weight is 478 g/mol. The van der Waals surface area contributed by atoms with Crippen molar-refractivity contribution >= 4 is 24.9 Å². The van der Waals surface area contributed by atoms with Crippen molar-refractivity contribution in [1.82, 2.24) is 0 Å². The van der Waals surface area contributed by atoms with Gasteiger partial charge in [-0.05, 0) is 25.5 Å². The van der Waals surface area contributed by atoms with Crippen LogP contribution in [-0.2, 0) is 10.8 Å². The van der Waals surface area contributed by atoms with Crippen LogP contribution in [0.1, 0.15) is 45.2 Å². The van der Waals surface area contributed by atoms with Crippen molar-refractivity contribution in [3.05, 3.63) is 59.7 Å². The average Bonchev–Trinajstić information content (AvgIpc) is 2.95. The number of likely N-dealkylation sites (N-methyl/N-ethyl adjacent to an activating group) is 1. The van der Waals surface area contributed by atoms with Crippen molar-refractivity contribution in [2.75, 3.05) is 19.0 Å². The maximum absolute atomic E-state index is 10.7.